The molecule has 14 heavy (non-hydrogen) atoms. The van der Waals surface area contributed by atoms with E-state index in [1.165, 1.54) is 13.0 Å². The quantitative estimate of drug-likeness (QED) is 0.727. The summed E-state index contributed by atoms with van der Waals surface area (Å²) >= 11 is 0. The average molecular weight is 199 g/mol. The van der Waals surface area contributed by atoms with Gasteiger partial charge in [-0.15, -0.1) is 0 Å². The summed E-state index contributed by atoms with van der Waals surface area (Å²) in [6.45, 7) is 7.20. The lowest BCUT2D eigenvalue weighted by molar-refractivity contribution is 0.124. The number of aliphatic hydroxyl groups excluding tert-OH is 1. The van der Waals surface area contributed by atoms with Gasteiger partial charge < -0.3 is 14.7 Å². The molecule has 2 rings (SSSR count). The van der Waals surface area contributed by atoms with Crippen molar-refractivity contribution in [1.29, 1.82) is 0 Å². The number of rotatable bonds is 3. The van der Waals surface area contributed by atoms with E-state index in [2.05, 4.69) is 4.90 Å². The summed E-state index contributed by atoms with van der Waals surface area (Å²) in [7, 11) is 0. The normalized spacial score (nSPS) is 36.4. The van der Waals surface area contributed by atoms with Crippen molar-refractivity contribution in [3.8, 4) is 0 Å². The lowest BCUT2D eigenvalue weighted by atomic mass is 10.0. The van der Waals surface area contributed by atoms with Crippen LogP contribution in [0.3, 0.4) is 0 Å². The third-order valence-electron chi connectivity index (χ3n) is 3.53. The SMILES string of the molecule is CC(O)C1CCN(CC2CCOC2)C1. The van der Waals surface area contributed by atoms with Crippen LogP contribution < -0.4 is 0 Å². The number of hydrogen-bond acceptors (Lipinski definition) is 3. The number of likely N-dealkylation sites (tertiary alicyclic amines) is 1. The van der Waals surface area contributed by atoms with Crippen molar-refractivity contribution in [2.24, 2.45) is 11.8 Å². The molecular weight excluding hydrogens is 178 g/mol. The molecule has 2 aliphatic heterocycles. The molecule has 1 N–H and O–H groups in total. The summed E-state index contributed by atoms with van der Waals surface area (Å²) in [5.41, 5.74) is 0. The fourth-order valence-electron chi connectivity index (χ4n) is 2.51. The van der Waals surface area contributed by atoms with Crippen molar-refractivity contribution in [3.63, 3.8) is 0 Å². The second kappa shape index (κ2) is 4.60. The second-order valence-corrected chi connectivity index (χ2v) is 4.78. The van der Waals surface area contributed by atoms with Crippen LogP contribution in [0, 0.1) is 11.8 Å². The zero-order valence-electron chi connectivity index (χ0n) is 8.98. The van der Waals surface area contributed by atoms with Gasteiger partial charge in [-0.05, 0) is 38.1 Å². The van der Waals surface area contributed by atoms with E-state index >= 15 is 0 Å². The predicted octanol–water partition coefficient (Wildman–Crippen LogP) is 0.726. The van der Waals surface area contributed by atoms with E-state index in [1.54, 1.807) is 0 Å². The monoisotopic (exact) mass is 199 g/mol. The Kier molecular flexibility index (Phi) is 3.42. The molecule has 0 aromatic rings. The highest BCUT2D eigenvalue weighted by Crippen LogP contribution is 2.22. The highest BCUT2D eigenvalue weighted by atomic mass is 16.5. The summed E-state index contributed by atoms with van der Waals surface area (Å²) in [4.78, 5) is 2.48. The molecule has 0 aliphatic carbocycles. The van der Waals surface area contributed by atoms with Gasteiger partial charge in [-0.3, -0.25) is 0 Å². The van der Waals surface area contributed by atoms with Gasteiger partial charge in [-0.25, -0.2) is 0 Å². The number of ether oxygens (including phenoxy) is 1. The van der Waals surface area contributed by atoms with Crippen molar-refractivity contribution in [2.45, 2.75) is 25.9 Å². The van der Waals surface area contributed by atoms with E-state index in [4.69, 9.17) is 4.74 Å². The predicted molar refractivity (Wildman–Crippen MR) is 55.2 cm³/mol. The Balaban J connectivity index is 1.72. The first kappa shape index (κ1) is 10.4. The van der Waals surface area contributed by atoms with E-state index in [0.717, 1.165) is 38.6 Å². The minimum atomic E-state index is -0.139. The van der Waals surface area contributed by atoms with Crippen molar-refractivity contribution in [2.75, 3.05) is 32.8 Å². The molecule has 3 nitrogen and oxygen atoms in total. The standard InChI is InChI=1S/C11H21NO2/c1-9(13)11-2-4-12(7-11)6-10-3-5-14-8-10/h9-11,13H,2-8H2,1H3. The molecular formula is C11H21NO2. The Labute approximate surface area is 86.0 Å². The average Bonchev–Trinajstić information content (AvgIpc) is 2.75. The molecule has 2 aliphatic rings. The van der Waals surface area contributed by atoms with Gasteiger partial charge in [0.25, 0.3) is 0 Å². The Hall–Kier alpha value is -0.120. The third-order valence-corrected chi connectivity index (χ3v) is 3.53. The first-order valence-electron chi connectivity index (χ1n) is 5.74. The molecule has 0 aromatic heterocycles. The van der Waals surface area contributed by atoms with Gasteiger partial charge in [0.1, 0.15) is 0 Å². The first-order chi connectivity index (χ1) is 6.75. The zero-order valence-corrected chi connectivity index (χ0v) is 8.98. The van der Waals surface area contributed by atoms with E-state index in [0.29, 0.717) is 5.92 Å². The van der Waals surface area contributed by atoms with Gasteiger partial charge in [0.15, 0.2) is 0 Å². The molecule has 3 heteroatoms. The van der Waals surface area contributed by atoms with Gasteiger partial charge in [0.05, 0.1) is 12.7 Å². The lowest BCUT2D eigenvalue weighted by Crippen LogP contribution is -2.29. The van der Waals surface area contributed by atoms with Crippen LogP contribution in [0.1, 0.15) is 19.8 Å². The third kappa shape index (κ3) is 2.47. The van der Waals surface area contributed by atoms with Gasteiger partial charge >= 0.3 is 0 Å². The molecule has 82 valence electrons. The minimum Gasteiger partial charge on any atom is -0.393 e. The molecule has 2 heterocycles. The van der Waals surface area contributed by atoms with E-state index in [1.807, 2.05) is 6.92 Å². The van der Waals surface area contributed by atoms with Crippen LogP contribution in [0.4, 0.5) is 0 Å². The Morgan fingerprint density at radius 3 is 2.93 bits per heavy atom. The first-order valence-corrected chi connectivity index (χ1v) is 5.74. The topological polar surface area (TPSA) is 32.7 Å². The van der Waals surface area contributed by atoms with Crippen molar-refractivity contribution >= 4 is 0 Å². The maximum absolute atomic E-state index is 9.48. The molecule has 3 atom stereocenters. The van der Waals surface area contributed by atoms with Crippen LogP contribution in [-0.4, -0.2) is 49.0 Å². The van der Waals surface area contributed by atoms with Crippen LogP contribution in [0.2, 0.25) is 0 Å². The maximum atomic E-state index is 9.48. The van der Waals surface area contributed by atoms with Crippen LogP contribution in [-0.2, 0) is 4.74 Å². The second-order valence-electron chi connectivity index (χ2n) is 4.78. The van der Waals surface area contributed by atoms with Gasteiger partial charge in [-0.1, -0.05) is 0 Å². The van der Waals surface area contributed by atoms with E-state index < -0.39 is 0 Å². The molecule has 0 saturated carbocycles. The molecule has 0 bridgehead atoms. The molecule has 2 fully saturated rings. The fraction of sp³-hybridized carbons (Fsp3) is 1.00. The van der Waals surface area contributed by atoms with Crippen LogP contribution >= 0.6 is 0 Å². The Morgan fingerprint density at radius 1 is 1.50 bits per heavy atom. The van der Waals surface area contributed by atoms with Gasteiger partial charge in [0, 0.05) is 19.7 Å². The van der Waals surface area contributed by atoms with Crippen molar-refractivity contribution < 1.29 is 9.84 Å². The van der Waals surface area contributed by atoms with Crippen molar-refractivity contribution in [1.82, 2.24) is 4.90 Å². The Bertz CT molecular complexity index is 178. The summed E-state index contributed by atoms with van der Waals surface area (Å²) in [6.07, 6.45) is 2.24. The smallest absolute Gasteiger partial charge is 0.0552 e. The largest absolute Gasteiger partial charge is 0.393 e. The van der Waals surface area contributed by atoms with Crippen molar-refractivity contribution in [3.05, 3.63) is 0 Å². The molecule has 0 amide bonds. The molecule has 0 spiro atoms. The van der Waals surface area contributed by atoms with Crippen LogP contribution in [0.15, 0.2) is 0 Å². The molecule has 0 aromatic carbocycles. The summed E-state index contributed by atoms with van der Waals surface area (Å²) < 4.78 is 5.37. The summed E-state index contributed by atoms with van der Waals surface area (Å²) in [6, 6.07) is 0. The molecule has 3 unspecified atom stereocenters. The Morgan fingerprint density at radius 2 is 2.36 bits per heavy atom. The van der Waals surface area contributed by atoms with Crippen LogP contribution in [0.5, 0.6) is 0 Å². The van der Waals surface area contributed by atoms with Gasteiger partial charge in [0.2, 0.25) is 0 Å². The number of nitrogens with zero attached hydrogens (tertiary/aromatic N) is 1. The van der Waals surface area contributed by atoms with Crippen LogP contribution in [0.25, 0.3) is 0 Å². The lowest BCUT2D eigenvalue weighted by Gasteiger charge is -2.20. The zero-order chi connectivity index (χ0) is 9.97. The summed E-state index contributed by atoms with van der Waals surface area (Å²) in [5.74, 6) is 1.24. The number of hydrogen-bond donors (Lipinski definition) is 1. The highest BCUT2D eigenvalue weighted by Gasteiger charge is 2.28. The highest BCUT2D eigenvalue weighted by molar-refractivity contribution is 4.81. The summed E-state index contributed by atoms with van der Waals surface area (Å²) in [5, 5.41) is 9.48. The van der Waals surface area contributed by atoms with E-state index in [-0.39, 0.29) is 6.10 Å². The molecule has 0 radical (unpaired) electrons. The fourth-order valence-corrected chi connectivity index (χ4v) is 2.51. The number of aliphatic hydroxyl groups is 1. The van der Waals surface area contributed by atoms with E-state index in [9.17, 15) is 5.11 Å². The minimum absolute atomic E-state index is 0.139. The maximum Gasteiger partial charge on any atom is 0.0552 e. The molecule has 2 saturated heterocycles. The van der Waals surface area contributed by atoms with Gasteiger partial charge in [-0.2, -0.15) is 0 Å².